The number of hydrogen-bond donors (Lipinski definition) is 3. The minimum absolute atomic E-state index is 0.131. The molecule has 4 rings (SSSR count). The van der Waals surface area contributed by atoms with Crippen LogP contribution in [0.15, 0.2) is 83.2 Å². The number of aromatic nitrogens is 2. The number of thioether (sulfide) groups is 1. The van der Waals surface area contributed by atoms with E-state index < -0.39 is 0 Å². The van der Waals surface area contributed by atoms with Gasteiger partial charge in [-0.1, -0.05) is 53.4 Å². The molecule has 172 valence electrons. The Labute approximate surface area is 204 Å². The van der Waals surface area contributed by atoms with Gasteiger partial charge in [-0.05, 0) is 48.5 Å². The molecular formula is C24H21N5O3S2. The normalized spacial score (nSPS) is 10.4. The number of ether oxygens (including phenoxy) is 1. The van der Waals surface area contributed by atoms with Gasteiger partial charge < -0.3 is 20.7 Å². The van der Waals surface area contributed by atoms with Gasteiger partial charge in [-0.3, -0.25) is 9.59 Å². The molecule has 3 N–H and O–H groups in total. The van der Waals surface area contributed by atoms with Crippen LogP contribution in [0.1, 0.15) is 10.4 Å². The number of carbonyl (C=O) groups excluding carboxylic acids is 2. The molecule has 0 aliphatic carbocycles. The smallest absolute Gasteiger partial charge is 0.257 e. The maximum atomic E-state index is 12.7. The van der Waals surface area contributed by atoms with Gasteiger partial charge in [0.15, 0.2) is 4.34 Å². The van der Waals surface area contributed by atoms with Crippen molar-refractivity contribution in [1.29, 1.82) is 0 Å². The van der Waals surface area contributed by atoms with Gasteiger partial charge in [0.2, 0.25) is 11.0 Å². The van der Waals surface area contributed by atoms with E-state index in [1.54, 1.807) is 43.5 Å². The largest absolute Gasteiger partial charge is 0.497 e. The molecule has 3 aromatic carbocycles. The van der Waals surface area contributed by atoms with E-state index in [1.807, 2.05) is 42.5 Å². The minimum atomic E-state index is -0.298. The number of benzene rings is 3. The number of amides is 2. The number of nitrogens with one attached hydrogen (secondary N) is 3. The summed E-state index contributed by atoms with van der Waals surface area (Å²) < 4.78 is 5.80. The van der Waals surface area contributed by atoms with Crippen LogP contribution in [-0.4, -0.2) is 34.9 Å². The molecule has 0 saturated carbocycles. The highest BCUT2D eigenvalue weighted by atomic mass is 32.2. The van der Waals surface area contributed by atoms with Crippen LogP contribution < -0.4 is 20.7 Å². The summed E-state index contributed by atoms with van der Waals surface area (Å²) in [5, 5.41) is 17.7. The highest BCUT2D eigenvalue weighted by Crippen LogP contribution is 2.28. The first-order valence-electron chi connectivity index (χ1n) is 10.2. The summed E-state index contributed by atoms with van der Waals surface area (Å²) in [6.07, 6.45) is 0. The van der Waals surface area contributed by atoms with E-state index in [0.717, 1.165) is 11.4 Å². The fourth-order valence-electron chi connectivity index (χ4n) is 2.94. The fraction of sp³-hybridized carbons (Fsp3) is 0.0833. The van der Waals surface area contributed by atoms with Crippen LogP contribution in [0.2, 0.25) is 0 Å². The maximum Gasteiger partial charge on any atom is 0.257 e. The predicted octanol–water partition coefficient (Wildman–Crippen LogP) is 5.27. The zero-order chi connectivity index (χ0) is 23.8. The second-order valence-electron chi connectivity index (χ2n) is 6.93. The summed E-state index contributed by atoms with van der Waals surface area (Å²) in [7, 11) is 1.62. The van der Waals surface area contributed by atoms with Gasteiger partial charge in [-0.25, -0.2) is 0 Å². The monoisotopic (exact) mass is 491 g/mol. The molecule has 0 bridgehead atoms. The average molecular weight is 492 g/mol. The first-order valence-corrected chi connectivity index (χ1v) is 12.0. The Morgan fingerprint density at radius 2 is 1.62 bits per heavy atom. The molecule has 34 heavy (non-hydrogen) atoms. The summed E-state index contributed by atoms with van der Waals surface area (Å²) in [6, 6.07) is 23.5. The third-order valence-corrected chi connectivity index (χ3v) is 6.52. The molecule has 0 aliphatic heterocycles. The lowest BCUT2D eigenvalue weighted by Crippen LogP contribution is -2.19. The highest BCUT2D eigenvalue weighted by molar-refractivity contribution is 8.01. The van der Waals surface area contributed by atoms with Crippen LogP contribution in [0.25, 0.3) is 0 Å². The van der Waals surface area contributed by atoms with Crippen molar-refractivity contribution < 1.29 is 14.3 Å². The van der Waals surface area contributed by atoms with Crippen molar-refractivity contribution in [3.63, 3.8) is 0 Å². The summed E-state index contributed by atoms with van der Waals surface area (Å²) in [5.74, 6) is 0.355. The van der Waals surface area contributed by atoms with Gasteiger partial charge >= 0.3 is 0 Å². The van der Waals surface area contributed by atoms with Crippen molar-refractivity contribution in [2.75, 3.05) is 28.8 Å². The molecule has 0 aliphatic rings. The van der Waals surface area contributed by atoms with Gasteiger partial charge in [0.1, 0.15) is 5.75 Å². The fourth-order valence-corrected chi connectivity index (χ4v) is 4.51. The number of carbonyl (C=O) groups is 2. The van der Waals surface area contributed by atoms with Gasteiger partial charge in [0, 0.05) is 11.4 Å². The Morgan fingerprint density at radius 3 is 2.38 bits per heavy atom. The molecule has 10 heteroatoms. The zero-order valence-electron chi connectivity index (χ0n) is 18.1. The van der Waals surface area contributed by atoms with Crippen LogP contribution >= 0.6 is 23.1 Å². The summed E-state index contributed by atoms with van der Waals surface area (Å²) in [6.45, 7) is 0. The summed E-state index contributed by atoms with van der Waals surface area (Å²) in [4.78, 5) is 25.2. The molecule has 0 radical (unpaired) electrons. The Kier molecular flexibility index (Phi) is 7.74. The second kappa shape index (κ2) is 11.3. The van der Waals surface area contributed by atoms with Crippen molar-refractivity contribution >= 4 is 57.1 Å². The van der Waals surface area contributed by atoms with Crippen molar-refractivity contribution in [3.8, 4) is 5.75 Å². The van der Waals surface area contributed by atoms with Crippen LogP contribution in [0.5, 0.6) is 5.75 Å². The minimum Gasteiger partial charge on any atom is -0.497 e. The molecule has 1 heterocycles. The molecule has 0 fully saturated rings. The molecule has 2 amide bonds. The number of rotatable bonds is 9. The van der Waals surface area contributed by atoms with E-state index in [-0.39, 0.29) is 17.6 Å². The van der Waals surface area contributed by atoms with Crippen LogP contribution in [0.3, 0.4) is 0 Å². The number of para-hydroxylation sites is 2. The first kappa shape index (κ1) is 23.3. The average Bonchev–Trinajstić information content (AvgIpc) is 3.31. The van der Waals surface area contributed by atoms with Gasteiger partial charge in [0.25, 0.3) is 5.91 Å². The van der Waals surface area contributed by atoms with Gasteiger partial charge in [0.05, 0.1) is 24.1 Å². The van der Waals surface area contributed by atoms with Crippen LogP contribution in [0.4, 0.5) is 22.2 Å². The Hall–Kier alpha value is -3.89. The first-order chi connectivity index (χ1) is 16.6. The predicted molar refractivity (Wildman–Crippen MR) is 136 cm³/mol. The molecule has 4 aromatic rings. The van der Waals surface area contributed by atoms with Crippen molar-refractivity contribution in [2.24, 2.45) is 0 Å². The SMILES string of the molecule is COc1ccc(Nc2nnc(SCC(=O)Nc3ccccc3C(=O)Nc3ccccc3)s2)cc1. The third-order valence-electron chi connectivity index (χ3n) is 4.55. The van der Waals surface area contributed by atoms with E-state index in [2.05, 4.69) is 26.1 Å². The molecular weight excluding hydrogens is 470 g/mol. The van der Waals surface area contributed by atoms with Crippen molar-refractivity contribution in [1.82, 2.24) is 10.2 Å². The molecule has 0 atom stereocenters. The van der Waals surface area contributed by atoms with E-state index >= 15 is 0 Å². The Bertz CT molecular complexity index is 1260. The molecule has 8 nitrogen and oxygen atoms in total. The lowest BCUT2D eigenvalue weighted by Gasteiger charge is -2.11. The van der Waals surface area contributed by atoms with E-state index in [4.69, 9.17) is 4.74 Å². The van der Waals surface area contributed by atoms with Crippen molar-refractivity contribution in [3.05, 3.63) is 84.4 Å². The standard InChI is InChI=1S/C24H21N5O3S2/c1-32-18-13-11-17(12-14-18)26-23-28-29-24(34-23)33-15-21(30)27-20-10-6-5-9-19(20)22(31)25-16-7-3-2-4-8-16/h2-14H,15H2,1H3,(H,25,31)(H,26,28)(H,27,30). The third kappa shape index (κ3) is 6.33. The topological polar surface area (TPSA) is 105 Å². The van der Waals surface area contributed by atoms with Crippen molar-refractivity contribution in [2.45, 2.75) is 4.34 Å². The Balaban J connectivity index is 1.32. The van der Waals surface area contributed by atoms with Gasteiger partial charge in [-0.2, -0.15) is 0 Å². The molecule has 0 saturated heterocycles. The lowest BCUT2D eigenvalue weighted by atomic mass is 10.1. The molecule has 1 aromatic heterocycles. The second-order valence-corrected chi connectivity index (χ2v) is 9.13. The molecule has 0 unspecified atom stereocenters. The number of hydrogen-bond acceptors (Lipinski definition) is 8. The van der Waals surface area contributed by atoms with E-state index in [0.29, 0.717) is 26.4 Å². The van der Waals surface area contributed by atoms with E-state index in [1.165, 1.54) is 23.1 Å². The number of nitrogens with zero attached hydrogens (tertiary/aromatic N) is 2. The number of anilines is 4. The maximum absolute atomic E-state index is 12.7. The highest BCUT2D eigenvalue weighted by Gasteiger charge is 2.14. The zero-order valence-corrected chi connectivity index (χ0v) is 19.8. The van der Waals surface area contributed by atoms with Gasteiger partial charge in [-0.15, -0.1) is 10.2 Å². The van der Waals surface area contributed by atoms with Crippen LogP contribution in [-0.2, 0) is 4.79 Å². The Morgan fingerprint density at radius 1 is 0.882 bits per heavy atom. The lowest BCUT2D eigenvalue weighted by molar-refractivity contribution is -0.113. The summed E-state index contributed by atoms with van der Waals surface area (Å²) >= 11 is 2.62. The number of methoxy groups -OCH3 is 1. The van der Waals surface area contributed by atoms with Crippen LogP contribution in [0, 0.1) is 0 Å². The quantitative estimate of drug-likeness (QED) is 0.274. The molecule has 0 spiro atoms. The van der Waals surface area contributed by atoms with E-state index in [9.17, 15) is 9.59 Å². The summed E-state index contributed by atoms with van der Waals surface area (Å²) in [5.41, 5.74) is 2.36.